The van der Waals surface area contributed by atoms with Gasteiger partial charge in [-0.05, 0) is 63.1 Å². The summed E-state index contributed by atoms with van der Waals surface area (Å²) in [6.45, 7) is 7.79. The fraction of sp³-hybridized carbons (Fsp3) is 0.478. The second-order valence-corrected chi connectivity index (χ2v) is 10.3. The Bertz CT molecular complexity index is 1260. The number of aromatic nitrogens is 3. The number of sulfone groups is 1. The van der Waals surface area contributed by atoms with Gasteiger partial charge in [-0.2, -0.15) is 0 Å². The van der Waals surface area contributed by atoms with Gasteiger partial charge in [0.05, 0.1) is 21.6 Å². The van der Waals surface area contributed by atoms with E-state index in [4.69, 9.17) is 0 Å². The number of hydrogen-bond donors (Lipinski definition) is 0. The van der Waals surface area contributed by atoms with Gasteiger partial charge < -0.3 is 0 Å². The maximum Gasteiger partial charge on any atom is 0.329 e. The highest BCUT2D eigenvalue weighted by atomic mass is 32.2. The topological polar surface area (TPSA) is 77.2 Å². The van der Waals surface area contributed by atoms with E-state index in [9.17, 15) is 13.2 Å². The summed E-state index contributed by atoms with van der Waals surface area (Å²) in [6.07, 6.45) is 4.86. The first-order valence-electron chi connectivity index (χ1n) is 10.9. The molecule has 166 valence electrons. The summed E-state index contributed by atoms with van der Waals surface area (Å²) in [6, 6.07) is 9.61. The fourth-order valence-corrected chi connectivity index (χ4v) is 5.70. The molecule has 1 aromatic carbocycles. The first kappa shape index (κ1) is 21.8. The van der Waals surface area contributed by atoms with Crippen molar-refractivity contribution < 1.29 is 8.42 Å². The van der Waals surface area contributed by atoms with Crippen LogP contribution in [-0.4, -0.2) is 46.8 Å². The van der Waals surface area contributed by atoms with E-state index in [0.29, 0.717) is 23.7 Å². The van der Waals surface area contributed by atoms with E-state index in [-0.39, 0.29) is 11.6 Å². The average molecular weight is 443 g/mol. The van der Waals surface area contributed by atoms with Crippen LogP contribution in [-0.2, 0) is 29.5 Å². The second-order valence-electron chi connectivity index (χ2n) is 8.33. The Balaban J connectivity index is 1.60. The predicted molar refractivity (Wildman–Crippen MR) is 122 cm³/mol. The van der Waals surface area contributed by atoms with Gasteiger partial charge >= 0.3 is 5.69 Å². The summed E-state index contributed by atoms with van der Waals surface area (Å²) >= 11 is 0. The van der Waals surface area contributed by atoms with E-state index >= 15 is 0 Å². The molecule has 1 aliphatic heterocycles. The van der Waals surface area contributed by atoms with E-state index in [1.54, 1.807) is 18.3 Å². The normalized spacial score (nSPS) is 18.0. The van der Waals surface area contributed by atoms with Crippen molar-refractivity contribution in [3.05, 3.63) is 58.3 Å². The molecular weight excluding hydrogens is 412 g/mol. The van der Waals surface area contributed by atoms with Crippen LogP contribution in [0, 0.1) is 0 Å². The second kappa shape index (κ2) is 8.59. The lowest BCUT2D eigenvalue weighted by Gasteiger charge is -2.33. The molecule has 1 unspecified atom stereocenters. The molecule has 2 aromatic heterocycles. The van der Waals surface area contributed by atoms with Gasteiger partial charge in [0.2, 0.25) is 0 Å². The Hall–Kier alpha value is -2.45. The number of piperidine rings is 1. The van der Waals surface area contributed by atoms with Crippen LogP contribution in [0.3, 0.4) is 0 Å². The van der Waals surface area contributed by atoms with Gasteiger partial charge in [0.25, 0.3) is 0 Å². The number of benzene rings is 1. The first-order valence-corrected chi connectivity index (χ1v) is 12.8. The smallest absolute Gasteiger partial charge is 0.298 e. The Morgan fingerprint density at radius 1 is 1.10 bits per heavy atom. The van der Waals surface area contributed by atoms with Crippen LogP contribution in [0.25, 0.3) is 11.0 Å². The minimum Gasteiger partial charge on any atom is -0.298 e. The Morgan fingerprint density at radius 2 is 1.84 bits per heavy atom. The molecule has 0 aliphatic carbocycles. The molecule has 4 rings (SSSR count). The number of rotatable bonds is 6. The number of fused-ring (bicyclic) bond motifs is 1. The molecule has 1 atom stereocenters. The molecule has 0 radical (unpaired) electrons. The molecule has 0 amide bonds. The summed E-state index contributed by atoms with van der Waals surface area (Å²) in [4.78, 5) is 19.8. The monoisotopic (exact) mass is 442 g/mol. The minimum atomic E-state index is -3.31. The van der Waals surface area contributed by atoms with E-state index in [1.807, 2.05) is 29.0 Å². The van der Waals surface area contributed by atoms with Crippen LogP contribution in [0.4, 0.5) is 0 Å². The lowest BCUT2D eigenvalue weighted by atomic mass is 9.94. The van der Waals surface area contributed by atoms with Crippen LogP contribution in [0.1, 0.15) is 43.9 Å². The summed E-state index contributed by atoms with van der Waals surface area (Å²) in [7, 11) is -3.31. The maximum absolute atomic E-state index is 12.6. The molecule has 3 heterocycles. The zero-order chi connectivity index (χ0) is 22.2. The Labute approximate surface area is 183 Å². The Morgan fingerprint density at radius 3 is 2.55 bits per heavy atom. The van der Waals surface area contributed by atoms with Gasteiger partial charge in [0.1, 0.15) is 0 Å². The van der Waals surface area contributed by atoms with Gasteiger partial charge in [0, 0.05) is 44.5 Å². The van der Waals surface area contributed by atoms with Gasteiger partial charge in [-0.25, -0.2) is 13.2 Å². The number of aryl methyl sites for hydroxylation is 2. The zero-order valence-corrected chi connectivity index (χ0v) is 19.2. The van der Waals surface area contributed by atoms with E-state index in [2.05, 4.69) is 22.0 Å². The predicted octanol–water partition coefficient (Wildman–Crippen LogP) is 3.02. The van der Waals surface area contributed by atoms with E-state index in [0.717, 1.165) is 49.1 Å². The molecule has 1 aliphatic rings. The number of nitrogens with zero attached hydrogens (tertiary/aromatic N) is 4. The maximum atomic E-state index is 12.6. The van der Waals surface area contributed by atoms with E-state index in [1.165, 1.54) is 6.26 Å². The lowest BCUT2D eigenvalue weighted by molar-refractivity contribution is 0.197. The van der Waals surface area contributed by atoms with Crippen molar-refractivity contribution in [1.82, 2.24) is 19.0 Å². The quantitative estimate of drug-likeness (QED) is 0.586. The van der Waals surface area contributed by atoms with Crippen molar-refractivity contribution in [3.63, 3.8) is 0 Å². The number of likely N-dealkylation sites (tertiary alicyclic amines) is 1. The van der Waals surface area contributed by atoms with E-state index < -0.39 is 9.84 Å². The molecule has 1 fully saturated rings. The molecule has 0 N–H and O–H groups in total. The SMILES string of the molecule is CCn1c(=O)n(CC)c2cc(CN3CCCC(c4ncccc4S(C)(=O)=O)C3)ccc21. The third-order valence-corrected chi connectivity index (χ3v) is 7.36. The van der Waals surface area contributed by atoms with Gasteiger partial charge in [-0.3, -0.25) is 19.0 Å². The van der Waals surface area contributed by atoms with Crippen molar-refractivity contribution >= 4 is 20.9 Å². The van der Waals surface area contributed by atoms with Crippen molar-refractivity contribution in [3.8, 4) is 0 Å². The first-order chi connectivity index (χ1) is 14.8. The Kier molecular flexibility index (Phi) is 6.03. The third kappa shape index (κ3) is 4.19. The number of hydrogen-bond acceptors (Lipinski definition) is 5. The largest absolute Gasteiger partial charge is 0.329 e. The van der Waals surface area contributed by atoms with Crippen molar-refractivity contribution in [2.24, 2.45) is 0 Å². The molecule has 0 saturated carbocycles. The number of imidazole rings is 1. The molecule has 31 heavy (non-hydrogen) atoms. The summed E-state index contributed by atoms with van der Waals surface area (Å²) < 4.78 is 28.1. The van der Waals surface area contributed by atoms with Crippen LogP contribution in [0.2, 0.25) is 0 Å². The van der Waals surface area contributed by atoms with Crippen molar-refractivity contribution in [2.45, 2.75) is 57.1 Å². The van der Waals surface area contributed by atoms with Crippen LogP contribution < -0.4 is 5.69 Å². The molecular formula is C23H30N4O3S. The summed E-state index contributed by atoms with van der Waals surface area (Å²) in [5, 5.41) is 0. The lowest BCUT2D eigenvalue weighted by Crippen LogP contribution is -2.34. The van der Waals surface area contributed by atoms with Crippen LogP contribution in [0.15, 0.2) is 46.2 Å². The fourth-order valence-electron chi connectivity index (χ4n) is 4.78. The van der Waals surface area contributed by atoms with Crippen molar-refractivity contribution in [2.75, 3.05) is 19.3 Å². The highest BCUT2D eigenvalue weighted by Gasteiger charge is 2.27. The van der Waals surface area contributed by atoms with Crippen LogP contribution >= 0.6 is 0 Å². The van der Waals surface area contributed by atoms with Crippen molar-refractivity contribution in [1.29, 1.82) is 0 Å². The molecule has 8 heteroatoms. The molecule has 1 saturated heterocycles. The zero-order valence-electron chi connectivity index (χ0n) is 18.4. The summed E-state index contributed by atoms with van der Waals surface area (Å²) in [5.74, 6) is 0.0957. The minimum absolute atomic E-state index is 0.0404. The van der Waals surface area contributed by atoms with Gasteiger partial charge in [0.15, 0.2) is 9.84 Å². The van der Waals surface area contributed by atoms with Gasteiger partial charge in [-0.1, -0.05) is 6.07 Å². The average Bonchev–Trinajstić information content (AvgIpc) is 3.03. The standard InChI is InChI=1S/C23H30N4O3S/c1-4-26-19-11-10-17(14-20(19)27(5-2)23(26)28)15-25-13-7-8-18(16-25)22-21(31(3,29)30)9-6-12-24-22/h6,9-12,14,18H,4-5,7-8,13,15-16H2,1-3H3. The summed E-state index contributed by atoms with van der Waals surface area (Å²) in [5.41, 5.74) is 3.84. The van der Waals surface area contributed by atoms with Gasteiger partial charge in [-0.15, -0.1) is 0 Å². The third-order valence-electron chi connectivity index (χ3n) is 6.21. The van der Waals surface area contributed by atoms with Crippen LogP contribution in [0.5, 0.6) is 0 Å². The molecule has 7 nitrogen and oxygen atoms in total. The highest BCUT2D eigenvalue weighted by Crippen LogP contribution is 2.30. The number of pyridine rings is 1. The molecule has 3 aromatic rings. The molecule has 0 spiro atoms. The molecule has 0 bridgehead atoms. The highest BCUT2D eigenvalue weighted by molar-refractivity contribution is 7.90.